The van der Waals surface area contributed by atoms with Crippen LogP contribution in [0.4, 0.5) is 5.69 Å². The summed E-state index contributed by atoms with van der Waals surface area (Å²) in [5.41, 5.74) is -0.225. The van der Waals surface area contributed by atoms with Crippen molar-refractivity contribution in [2.45, 2.75) is 4.21 Å². The minimum absolute atomic E-state index is 0. The topological polar surface area (TPSA) is 139 Å². The van der Waals surface area contributed by atoms with Crippen LogP contribution in [-0.4, -0.2) is 19.6 Å². The van der Waals surface area contributed by atoms with E-state index in [0.29, 0.717) is 0 Å². The first-order chi connectivity index (χ1) is 10.7. The van der Waals surface area contributed by atoms with Crippen LogP contribution in [0.1, 0.15) is 0 Å². The molecular weight excluding hydrogens is 390 g/mol. The van der Waals surface area contributed by atoms with Crippen molar-refractivity contribution in [3.8, 4) is 5.75 Å². The largest absolute Gasteiger partial charge is 1.00 e. The summed E-state index contributed by atoms with van der Waals surface area (Å²) in [6.07, 6.45) is -0.940. The Morgan fingerprint density at radius 3 is 2.38 bits per heavy atom. The number of rotatable bonds is 7. The maximum Gasteiger partial charge on any atom is 1.00 e. The molecule has 0 bridgehead atoms. The van der Waals surface area contributed by atoms with Gasteiger partial charge in [-0.25, -0.2) is 13.1 Å². The Hall–Kier alpha value is -0.780. The first-order valence-electron chi connectivity index (χ1n) is 5.97. The van der Waals surface area contributed by atoms with Crippen molar-refractivity contribution in [1.29, 1.82) is 0 Å². The van der Waals surface area contributed by atoms with Gasteiger partial charge in [0.25, 0.3) is 15.7 Å². The molecule has 9 nitrogen and oxygen atoms in total. The van der Waals surface area contributed by atoms with Gasteiger partial charge in [-0.15, -0.1) is 11.3 Å². The van der Waals surface area contributed by atoms with Crippen LogP contribution >= 0.6 is 18.9 Å². The molecule has 2 rings (SSSR count). The van der Waals surface area contributed by atoms with Crippen LogP contribution in [0.2, 0.25) is 0 Å². The van der Waals surface area contributed by atoms with Gasteiger partial charge in [-0.3, -0.25) is 14.7 Å². The second kappa shape index (κ2) is 8.54. The van der Waals surface area contributed by atoms with Crippen molar-refractivity contribution < 1.29 is 56.9 Å². The number of nitrogens with one attached hydrogen (secondary N) is 1. The van der Waals surface area contributed by atoms with E-state index >= 15 is 0 Å². The van der Waals surface area contributed by atoms with E-state index in [2.05, 4.69) is 0 Å². The second-order valence-electron chi connectivity index (χ2n) is 4.19. The standard InChI is InChI=1S/C11H11N2O7PS2.Na/c14-13(15)9-3-5-10(6-4-9)20-21(16,17)8-12-23(18,19)11-2-1-7-22-11;/h1-7,12H,8H2,(H,16,17);/q;+1/p-1. The van der Waals surface area contributed by atoms with Gasteiger partial charge < -0.3 is 9.42 Å². The van der Waals surface area contributed by atoms with E-state index in [4.69, 9.17) is 4.52 Å². The van der Waals surface area contributed by atoms with Gasteiger partial charge in [0.05, 0.1) is 11.2 Å². The Labute approximate surface area is 163 Å². The Morgan fingerprint density at radius 1 is 1.25 bits per heavy atom. The van der Waals surface area contributed by atoms with Crippen LogP contribution < -0.4 is 43.7 Å². The van der Waals surface area contributed by atoms with E-state index in [9.17, 15) is 28.0 Å². The fourth-order valence-corrected chi connectivity index (χ4v) is 4.99. The predicted molar refractivity (Wildman–Crippen MR) is 80.8 cm³/mol. The Kier molecular flexibility index (Phi) is 7.57. The van der Waals surface area contributed by atoms with Crippen molar-refractivity contribution in [1.82, 2.24) is 4.72 Å². The Balaban J connectivity index is 0.00000288. The van der Waals surface area contributed by atoms with Crippen molar-refractivity contribution in [3.63, 3.8) is 0 Å². The minimum Gasteiger partial charge on any atom is -0.768 e. The summed E-state index contributed by atoms with van der Waals surface area (Å²) in [6, 6.07) is 7.21. The molecule has 0 spiro atoms. The fraction of sp³-hybridized carbons (Fsp3) is 0.0909. The Morgan fingerprint density at radius 2 is 1.88 bits per heavy atom. The molecule has 0 fully saturated rings. The predicted octanol–water partition coefficient (Wildman–Crippen LogP) is -1.47. The first-order valence-corrected chi connectivity index (χ1v) is 10.1. The quantitative estimate of drug-likeness (QED) is 0.259. The minimum atomic E-state index is -4.56. The van der Waals surface area contributed by atoms with E-state index in [1.54, 1.807) is 5.38 Å². The number of nitro benzene ring substituents is 1. The fourth-order valence-electron chi connectivity index (χ4n) is 1.47. The number of non-ortho nitro benzene ring substituents is 1. The number of sulfonamides is 1. The van der Waals surface area contributed by atoms with Crippen LogP contribution in [0.3, 0.4) is 0 Å². The molecule has 1 N–H and O–H groups in total. The summed E-state index contributed by atoms with van der Waals surface area (Å²) in [4.78, 5) is 21.6. The number of hydrogen-bond acceptors (Lipinski definition) is 8. The molecule has 124 valence electrons. The van der Waals surface area contributed by atoms with Gasteiger partial charge in [-0.1, -0.05) is 6.07 Å². The van der Waals surface area contributed by atoms with E-state index in [1.165, 1.54) is 12.1 Å². The van der Waals surface area contributed by atoms with Crippen molar-refractivity contribution in [2.75, 3.05) is 6.29 Å². The number of nitrogens with zero attached hydrogens (tertiary/aromatic N) is 1. The van der Waals surface area contributed by atoms with Gasteiger partial charge in [-0.2, -0.15) is 0 Å². The van der Waals surface area contributed by atoms with Crippen LogP contribution in [0.15, 0.2) is 46.0 Å². The monoisotopic (exact) mass is 400 g/mol. The zero-order valence-electron chi connectivity index (χ0n) is 12.3. The van der Waals surface area contributed by atoms with Gasteiger partial charge in [0.15, 0.2) is 7.60 Å². The smallest absolute Gasteiger partial charge is 0.768 e. The normalized spacial score (nSPS) is 13.5. The van der Waals surface area contributed by atoms with Gasteiger partial charge in [-0.05, 0) is 23.6 Å². The van der Waals surface area contributed by atoms with Gasteiger partial charge in [0, 0.05) is 12.1 Å². The van der Waals surface area contributed by atoms with Gasteiger partial charge >= 0.3 is 29.6 Å². The van der Waals surface area contributed by atoms with Gasteiger partial charge in [0.2, 0.25) is 0 Å². The summed E-state index contributed by atoms with van der Waals surface area (Å²) < 4.78 is 42.0. The molecule has 1 atom stereocenters. The van der Waals surface area contributed by atoms with Gasteiger partial charge in [0.1, 0.15) is 9.96 Å². The van der Waals surface area contributed by atoms with Crippen molar-refractivity contribution in [3.05, 3.63) is 51.9 Å². The molecule has 0 aliphatic heterocycles. The maximum atomic E-state index is 11.8. The molecule has 13 heteroatoms. The van der Waals surface area contributed by atoms with Crippen molar-refractivity contribution in [2.24, 2.45) is 0 Å². The average Bonchev–Trinajstić information content (AvgIpc) is 3.01. The molecule has 0 radical (unpaired) electrons. The second-order valence-corrected chi connectivity index (χ2v) is 8.85. The third-order valence-electron chi connectivity index (χ3n) is 2.50. The molecule has 0 amide bonds. The number of thiophene rings is 1. The molecular formula is C11H10N2NaO7PS2. The summed E-state index contributed by atoms with van der Waals surface area (Å²) in [6.45, 7) is 0. The molecule has 1 aromatic heterocycles. The van der Waals surface area contributed by atoms with E-state index in [1.807, 2.05) is 4.72 Å². The maximum absolute atomic E-state index is 11.8. The molecule has 0 saturated carbocycles. The SMILES string of the molecule is O=[N+]([O-])c1ccc(OP(=O)([O-])CNS(=O)(=O)c2cccs2)cc1.[Na+]. The number of hydrogen-bond donors (Lipinski definition) is 1. The van der Waals surface area contributed by atoms with E-state index in [0.717, 1.165) is 35.6 Å². The molecule has 0 aliphatic rings. The summed E-state index contributed by atoms with van der Waals surface area (Å²) in [7, 11) is -8.49. The Bertz CT molecular complexity index is 840. The van der Waals surface area contributed by atoms with E-state index in [-0.39, 0.29) is 45.2 Å². The average molecular weight is 400 g/mol. The van der Waals surface area contributed by atoms with E-state index < -0.39 is 28.8 Å². The molecule has 0 saturated heterocycles. The van der Waals surface area contributed by atoms with Crippen LogP contribution in [0.25, 0.3) is 0 Å². The third kappa shape index (κ3) is 5.94. The zero-order chi connectivity index (χ0) is 17.1. The molecule has 1 unspecified atom stereocenters. The molecule has 2 aromatic rings. The molecule has 1 heterocycles. The number of nitro groups is 1. The molecule has 1 aromatic carbocycles. The van der Waals surface area contributed by atoms with Crippen LogP contribution in [-0.2, 0) is 14.6 Å². The zero-order valence-corrected chi connectivity index (χ0v) is 16.8. The summed E-state index contributed by atoms with van der Waals surface area (Å²) in [5, 5.41) is 12.0. The van der Waals surface area contributed by atoms with Crippen LogP contribution in [0, 0.1) is 10.1 Å². The first kappa shape index (κ1) is 21.3. The number of benzene rings is 1. The third-order valence-corrected chi connectivity index (χ3v) is 6.55. The summed E-state index contributed by atoms with van der Waals surface area (Å²) in [5.74, 6) is -0.149. The van der Waals surface area contributed by atoms with Crippen LogP contribution in [0.5, 0.6) is 5.75 Å². The molecule has 24 heavy (non-hydrogen) atoms. The molecule has 0 aliphatic carbocycles. The summed E-state index contributed by atoms with van der Waals surface area (Å²) >= 11 is 0.942. The van der Waals surface area contributed by atoms with Crippen molar-refractivity contribution >= 4 is 34.6 Å².